The molecule has 2 heteroatoms. The lowest BCUT2D eigenvalue weighted by atomic mass is 10.3. The standard InChI is InChI=1S/C9H12NO/c1-7(2)11-9-5-3-8(10)4-6-9/h3-7H,1,10H2,2H3. The normalized spacial score (nSPS) is 10.1. The highest BCUT2D eigenvalue weighted by Gasteiger charge is 1.95. The summed E-state index contributed by atoms with van der Waals surface area (Å²) in [5.74, 6) is 0.807. The molecule has 1 atom stereocenters. The molecule has 0 saturated carbocycles. The molecule has 1 unspecified atom stereocenters. The molecular formula is C9H12NO. The van der Waals surface area contributed by atoms with Crippen molar-refractivity contribution in [2.45, 2.75) is 13.0 Å². The number of nitrogen functional groups attached to an aromatic ring is 1. The van der Waals surface area contributed by atoms with Gasteiger partial charge in [0, 0.05) is 5.69 Å². The summed E-state index contributed by atoms with van der Waals surface area (Å²) >= 11 is 0. The van der Waals surface area contributed by atoms with Gasteiger partial charge in [-0.15, -0.1) is 0 Å². The maximum Gasteiger partial charge on any atom is 0.119 e. The predicted molar refractivity (Wildman–Crippen MR) is 46.3 cm³/mol. The lowest BCUT2D eigenvalue weighted by Gasteiger charge is -2.08. The Morgan fingerprint density at radius 1 is 1.36 bits per heavy atom. The fourth-order valence-electron chi connectivity index (χ4n) is 0.779. The molecule has 0 heterocycles. The molecular weight excluding hydrogens is 138 g/mol. The smallest absolute Gasteiger partial charge is 0.119 e. The van der Waals surface area contributed by atoms with E-state index in [9.17, 15) is 0 Å². The van der Waals surface area contributed by atoms with Crippen LogP contribution in [-0.2, 0) is 0 Å². The van der Waals surface area contributed by atoms with Crippen LogP contribution in [0.15, 0.2) is 24.3 Å². The quantitative estimate of drug-likeness (QED) is 0.653. The maximum atomic E-state index is 5.49. The largest absolute Gasteiger partial charge is 0.491 e. The van der Waals surface area contributed by atoms with E-state index in [0.717, 1.165) is 11.4 Å². The molecule has 1 radical (unpaired) electrons. The number of benzene rings is 1. The Bertz CT molecular complexity index is 216. The minimum atomic E-state index is -0.0291. The zero-order valence-electron chi connectivity index (χ0n) is 6.58. The van der Waals surface area contributed by atoms with Gasteiger partial charge in [0.05, 0.1) is 6.10 Å². The number of hydrogen-bond donors (Lipinski definition) is 1. The summed E-state index contributed by atoms with van der Waals surface area (Å²) in [6, 6.07) is 7.27. The summed E-state index contributed by atoms with van der Waals surface area (Å²) < 4.78 is 5.30. The maximum absolute atomic E-state index is 5.49. The van der Waals surface area contributed by atoms with E-state index in [1.165, 1.54) is 0 Å². The Kier molecular flexibility index (Phi) is 2.36. The average Bonchev–Trinajstić information content (AvgIpc) is 1.93. The zero-order valence-corrected chi connectivity index (χ0v) is 6.58. The van der Waals surface area contributed by atoms with Crippen molar-refractivity contribution in [3.63, 3.8) is 0 Å². The van der Waals surface area contributed by atoms with Crippen molar-refractivity contribution >= 4 is 5.69 Å². The van der Waals surface area contributed by atoms with Gasteiger partial charge in [0.1, 0.15) is 5.75 Å². The summed E-state index contributed by atoms with van der Waals surface area (Å²) in [7, 11) is 0. The third-order valence-electron chi connectivity index (χ3n) is 1.22. The van der Waals surface area contributed by atoms with Gasteiger partial charge >= 0.3 is 0 Å². The number of rotatable bonds is 2. The first-order valence-electron chi connectivity index (χ1n) is 3.54. The van der Waals surface area contributed by atoms with Crippen molar-refractivity contribution in [1.29, 1.82) is 0 Å². The number of ether oxygens (including phenoxy) is 1. The van der Waals surface area contributed by atoms with Crippen molar-refractivity contribution in [3.8, 4) is 5.75 Å². The fourth-order valence-corrected chi connectivity index (χ4v) is 0.779. The van der Waals surface area contributed by atoms with Crippen LogP contribution in [0.5, 0.6) is 5.75 Å². The second-order valence-electron chi connectivity index (χ2n) is 2.50. The molecule has 0 amide bonds. The van der Waals surface area contributed by atoms with Crippen LogP contribution in [0.3, 0.4) is 0 Å². The monoisotopic (exact) mass is 150 g/mol. The van der Waals surface area contributed by atoms with Gasteiger partial charge in [-0.05, 0) is 38.1 Å². The zero-order chi connectivity index (χ0) is 8.27. The van der Waals surface area contributed by atoms with E-state index < -0.39 is 0 Å². The molecule has 59 valence electrons. The summed E-state index contributed by atoms with van der Waals surface area (Å²) in [6.07, 6.45) is -0.0291. The SMILES string of the molecule is [CH2]C(C)Oc1ccc(N)cc1. The third kappa shape index (κ3) is 2.50. The summed E-state index contributed by atoms with van der Waals surface area (Å²) in [5, 5.41) is 0. The van der Waals surface area contributed by atoms with E-state index in [4.69, 9.17) is 10.5 Å². The molecule has 0 saturated heterocycles. The van der Waals surface area contributed by atoms with Gasteiger partial charge in [-0.1, -0.05) is 0 Å². The molecule has 2 N–H and O–H groups in total. The lowest BCUT2D eigenvalue weighted by Crippen LogP contribution is -2.05. The van der Waals surface area contributed by atoms with Crippen molar-refractivity contribution in [1.82, 2.24) is 0 Å². The molecule has 1 aromatic carbocycles. The highest BCUT2D eigenvalue weighted by molar-refractivity contribution is 5.41. The Labute approximate surface area is 67.0 Å². The third-order valence-corrected chi connectivity index (χ3v) is 1.22. The highest BCUT2D eigenvalue weighted by atomic mass is 16.5. The molecule has 0 aliphatic rings. The van der Waals surface area contributed by atoms with Crippen molar-refractivity contribution in [3.05, 3.63) is 31.2 Å². The summed E-state index contributed by atoms with van der Waals surface area (Å²) in [5.41, 5.74) is 6.23. The first-order valence-corrected chi connectivity index (χ1v) is 3.54. The van der Waals surface area contributed by atoms with Gasteiger partial charge < -0.3 is 10.5 Å². The molecule has 0 aliphatic heterocycles. The highest BCUT2D eigenvalue weighted by Crippen LogP contribution is 2.14. The van der Waals surface area contributed by atoms with Crippen LogP contribution in [0, 0.1) is 6.92 Å². The molecule has 0 fully saturated rings. The van der Waals surface area contributed by atoms with E-state index in [1.54, 1.807) is 12.1 Å². The number of anilines is 1. The lowest BCUT2D eigenvalue weighted by molar-refractivity contribution is 0.267. The second-order valence-corrected chi connectivity index (χ2v) is 2.50. The van der Waals surface area contributed by atoms with Gasteiger partial charge in [-0.2, -0.15) is 0 Å². The number of nitrogens with two attached hydrogens (primary N) is 1. The van der Waals surface area contributed by atoms with Gasteiger partial charge in [0.25, 0.3) is 0 Å². The van der Waals surface area contributed by atoms with Gasteiger partial charge in [0.15, 0.2) is 0 Å². The molecule has 1 rings (SSSR count). The van der Waals surface area contributed by atoms with Gasteiger partial charge in [-0.25, -0.2) is 0 Å². The topological polar surface area (TPSA) is 35.2 Å². The Morgan fingerprint density at radius 3 is 2.36 bits per heavy atom. The van der Waals surface area contributed by atoms with Crippen LogP contribution in [0.2, 0.25) is 0 Å². The summed E-state index contributed by atoms with van der Waals surface area (Å²) in [4.78, 5) is 0. The fraction of sp³-hybridized carbons (Fsp3) is 0.222. The van der Waals surface area contributed by atoms with E-state index >= 15 is 0 Å². The van der Waals surface area contributed by atoms with Gasteiger partial charge in [0.2, 0.25) is 0 Å². The second kappa shape index (κ2) is 3.28. The van der Waals surface area contributed by atoms with Crippen molar-refractivity contribution < 1.29 is 4.74 Å². The Hall–Kier alpha value is -1.18. The average molecular weight is 150 g/mol. The van der Waals surface area contributed by atoms with E-state index in [1.807, 2.05) is 19.1 Å². The summed E-state index contributed by atoms with van der Waals surface area (Å²) in [6.45, 7) is 5.59. The van der Waals surface area contributed by atoms with E-state index in [0.29, 0.717) is 0 Å². The van der Waals surface area contributed by atoms with Crippen LogP contribution in [0.1, 0.15) is 6.92 Å². The first-order chi connectivity index (χ1) is 5.18. The molecule has 1 aromatic rings. The predicted octanol–water partition coefficient (Wildman–Crippen LogP) is 1.87. The Morgan fingerprint density at radius 2 is 1.91 bits per heavy atom. The minimum absolute atomic E-state index is 0.0291. The van der Waals surface area contributed by atoms with Crippen LogP contribution < -0.4 is 10.5 Å². The number of hydrogen-bond acceptors (Lipinski definition) is 2. The van der Waals surface area contributed by atoms with Crippen LogP contribution in [-0.4, -0.2) is 6.10 Å². The molecule has 2 nitrogen and oxygen atoms in total. The van der Waals surface area contributed by atoms with Crippen LogP contribution in [0.4, 0.5) is 5.69 Å². The Balaban J connectivity index is 2.66. The van der Waals surface area contributed by atoms with E-state index in [2.05, 4.69) is 6.92 Å². The van der Waals surface area contributed by atoms with Crippen LogP contribution >= 0.6 is 0 Å². The molecule has 11 heavy (non-hydrogen) atoms. The van der Waals surface area contributed by atoms with Crippen LogP contribution in [0.25, 0.3) is 0 Å². The van der Waals surface area contributed by atoms with Crippen molar-refractivity contribution in [2.75, 3.05) is 5.73 Å². The van der Waals surface area contributed by atoms with Crippen molar-refractivity contribution in [2.24, 2.45) is 0 Å². The first kappa shape index (κ1) is 7.92. The molecule has 0 aliphatic carbocycles. The molecule has 0 spiro atoms. The van der Waals surface area contributed by atoms with E-state index in [-0.39, 0.29) is 6.10 Å². The van der Waals surface area contributed by atoms with Gasteiger partial charge in [-0.3, -0.25) is 0 Å². The molecule has 0 bridgehead atoms. The molecule has 0 aromatic heterocycles. The minimum Gasteiger partial charge on any atom is -0.491 e.